The molecule has 2 heterocycles. The second kappa shape index (κ2) is 9.48. The summed E-state index contributed by atoms with van der Waals surface area (Å²) in [6, 6.07) is 4.46. The lowest BCUT2D eigenvalue weighted by molar-refractivity contribution is 0.0944. The predicted octanol–water partition coefficient (Wildman–Crippen LogP) is 2.20. The number of nitrogens with zero attached hydrogens (tertiary/aromatic N) is 3. The third kappa shape index (κ3) is 4.97. The van der Waals surface area contributed by atoms with Crippen LogP contribution in [0.5, 0.6) is 0 Å². The van der Waals surface area contributed by atoms with E-state index in [1.807, 2.05) is 29.2 Å². The van der Waals surface area contributed by atoms with E-state index in [1.165, 1.54) is 5.69 Å². The van der Waals surface area contributed by atoms with Gasteiger partial charge in [-0.05, 0) is 43.8 Å². The number of thiophene rings is 1. The fourth-order valence-electron chi connectivity index (χ4n) is 3.78. The van der Waals surface area contributed by atoms with Crippen LogP contribution < -0.4 is 10.6 Å². The summed E-state index contributed by atoms with van der Waals surface area (Å²) in [5, 5.41) is 13.3. The Bertz CT molecular complexity index is 736. The molecule has 1 aliphatic rings. The Hall–Kier alpha value is -1.70. The van der Waals surface area contributed by atoms with E-state index >= 15 is 0 Å². The van der Waals surface area contributed by atoms with Gasteiger partial charge < -0.3 is 15.5 Å². The van der Waals surface area contributed by atoms with E-state index in [4.69, 9.17) is 0 Å². The van der Waals surface area contributed by atoms with Gasteiger partial charge in [0.1, 0.15) is 0 Å². The van der Waals surface area contributed by atoms with Gasteiger partial charge in [-0.1, -0.05) is 19.9 Å². The number of hydrogen-bond acceptors (Lipinski definition) is 5. The predicted molar refractivity (Wildman–Crippen MR) is 110 cm³/mol. The largest absolute Gasteiger partial charge is 0.346 e. The van der Waals surface area contributed by atoms with Crippen molar-refractivity contribution in [1.29, 1.82) is 0 Å². The van der Waals surface area contributed by atoms with Crippen LogP contribution in [0.25, 0.3) is 0 Å². The molecule has 0 spiro atoms. The Balaban J connectivity index is 1.60. The molecule has 1 unspecified atom stereocenters. The van der Waals surface area contributed by atoms with Gasteiger partial charge in [0, 0.05) is 42.3 Å². The van der Waals surface area contributed by atoms with Gasteiger partial charge in [-0.3, -0.25) is 9.48 Å². The minimum atomic E-state index is -0.0657. The van der Waals surface area contributed by atoms with E-state index in [0.29, 0.717) is 18.3 Å². The minimum Gasteiger partial charge on any atom is -0.346 e. The Morgan fingerprint density at radius 1 is 1.41 bits per heavy atom. The Labute approximate surface area is 165 Å². The molecule has 7 heteroatoms. The van der Waals surface area contributed by atoms with Gasteiger partial charge >= 0.3 is 0 Å². The molecule has 27 heavy (non-hydrogen) atoms. The molecule has 0 saturated heterocycles. The highest BCUT2D eigenvalue weighted by atomic mass is 32.1. The topological polar surface area (TPSA) is 62.2 Å². The summed E-state index contributed by atoms with van der Waals surface area (Å²) in [4.78, 5) is 16.3. The fourth-order valence-corrected chi connectivity index (χ4v) is 4.42. The highest BCUT2D eigenvalue weighted by molar-refractivity contribution is 7.09. The number of nitrogens with one attached hydrogen (secondary N) is 2. The molecule has 2 aromatic heterocycles. The highest BCUT2D eigenvalue weighted by Crippen LogP contribution is 2.24. The summed E-state index contributed by atoms with van der Waals surface area (Å²) in [5.41, 5.74) is 2.92. The lowest BCUT2D eigenvalue weighted by atomic mass is 9.91. The fraction of sp³-hybridized carbons (Fsp3) is 0.600. The number of carbonyl (C=O) groups is 1. The van der Waals surface area contributed by atoms with Crippen molar-refractivity contribution in [3.8, 4) is 0 Å². The average molecular weight is 390 g/mol. The van der Waals surface area contributed by atoms with Crippen LogP contribution in [0.2, 0.25) is 0 Å². The molecule has 0 radical (unpaired) electrons. The molecule has 2 aromatic rings. The molecule has 148 valence electrons. The van der Waals surface area contributed by atoms with E-state index in [2.05, 4.69) is 34.5 Å². The molecule has 3 rings (SSSR count). The molecule has 0 aliphatic heterocycles. The molecular formula is C20H31N5OS. The molecule has 0 bridgehead atoms. The van der Waals surface area contributed by atoms with Crippen LogP contribution in [0, 0.1) is 0 Å². The third-order valence-electron chi connectivity index (χ3n) is 5.43. The van der Waals surface area contributed by atoms with E-state index in [1.54, 1.807) is 11.3 Å². The molecule has 6 nitrogen and oxygen atoms in total. The summed E-state index contributed by atoms with van der Waals surface area (Å²) in [6.07, 6.45) is 2.95. The van der Waals surface area contributed by atoms with Gasteiger partial charge in [-0.15, -0.1) is 11.3 Å². The van der Waals surface area contributed by atoms with E-state index in [0.717, 1.165) is 55.9 Å². The first-order valence-electron chi connectivity index (χ1n) is 9.93. The smallest absolute Gasteiger partial charge is 0.272 e. The maximum atomic E-state index is 12.7. The van der Waals surface area contributed by atoms with E-state index < -0.39 is 0 Å². The van der Waals surface area contributed by atoms with E-state index in [9.17, 15) is 4.79 Å². The lowest BCUT2D eigenvalue weighted by Gasteiger charge is -2.26. The van der Waals surface area contributed by atoms with Crippen LogP contribution >= 0.6 is 11.3 Å². The molecule has 1 atom stereocenters. The molecule has 0 aromatic carbocycles. The number of aryl methyl sites for hydroxylation is 1. The standard InChI is InChI=1S/C20H31N5OS/c1-4-25(5-2)11-10-21-15-8-9-18-17(13-15)19(23-24(18)3)20(26)22-14-16-7-6-12-27-16/h6-7,12,15,21H,4-5,8-11,13-14H2,1-3H3,(H,22,26). The average Bonchev–Trinajstić information content (AvgIpc) is 3.31. The van der Waals surface area contributed by atoms with Gasteiger partial charge in [0.2, 0.25) is 0 Å². The summed E-state index contributed by atoms with van der Waals surface area (Å²) in [6.45, 7) is 9.20. The number of hydrogen-bond donors (Lipinski definition) is 2. The first kappa shape index (κ1) is 20.0. The summed E-state index contributed by atoms with van der Waals surface area (Å²) < 4.78 is 1.89. The lowest BCUT2D eigenvalue weighted by Crippen LogP contribution is -2.40. The highest BCUT2D eigenvalue weighted by Gasteiger charge is 2.28. The summed E-state index contributed by atoms with van der Waals surface area (Å²) in [5.74, 6) is -0.0657. The van der Waals surface area contributed by atoms with Gasteiger partial charge in [-0.25, -0.2) is 0 Å². The molecule has 1 amide bonds. The summed E-state index contributed by atoms with van der Waals surface area (Å²) >= 11 is 1.66. The molecule has 2 N–H and O–H groups in total. The van der Waals surface area contributed by atoms with Crippen LogP contribution in [-0.4, -0.2) is 52.8 Å². The van der Waals surface area contributed by atoms with Crippen LogP contribution in [0.1, 0.15) is 46.9 Å². The molecule has 0 fully saturated rings. The first-order chi connectivity index (χ1) is 13.1. The quantitative estimate of drug-likeness (QED) is 0.690. The SMILES string of the molecule is CCN(CC)CCNC1CCc2c(c(C(=O)NCc3cccs3)nn2C)C1. The zero-order valence-electron chi connectivity index (χ0n) is 16.6. The zero-order valence-corrected chi connectivity index (χ0v) is 17.4. The van der Waals surface area contributed by atoms with Crippen LogP contribution in [-0.2, 0) is 26.4 Å². The van der Waals surface area contributed by atoms with Crippen LogP contribution in [0.4, 0.5) is 0 Å². The molecule has 0 saturated carbocycles. The molecular weight excluding hydrogens is 358 g/mol. The zero-order chi connectivity index (χ0) is 19.2. The van der Waals surface area contributed by atoms with Gasteiger partial charge in [0.15, 0.2) is 5.69 Å². The van der Waals surface area contributed by atoms with Crippen molar-refractivity contribution in [3.63, 3.8) is 0 Å². The van der Waals surface area contributed by atoms with Crippen molar-refractivity contribution >= 4 is 17.2 Å². The van der Waals surface area contributed by atoms with Crippen LogP contribution in [0.3, 0.4) is 0 Å². The van der Waals surface area contributed by atoms with Crippen molar-refractivity contribution in [1.82, 2.24) is 25.3 Å². The minimum absolute atomic E-state index is 0.0657. The summed E-state index contributed by atoms with van der Waals surface area (Å²) in [7, 11) is 1.95. The maximum Gasteiger partial charge on any atom is 0.272 e. The monoisotopic (exact) mass is 389 g/mol. The number of rotatable bonds is 9. The normalized spacial score (nSPS) is 16.5. The van der Waals surface area contributed by atoms with Crippen LogP contribution in [0.15, 0.2) is 17.5 Å². The number of fused-ring (bicyclic) bond motifs is 1. The Kier molecular flexibility index (Phi) is 7.04. The molecule has 1 aliphatic carbocycles. The number of likely N-dealkylation sites (N-methyl/N-ethyl adjacent to an activating group) is 1. The van der Waals surface area contributed by atoms with Gasteiger partial charge in [0.05, 0.1) is 6.54 Å². The van der Waals surface area contributed by atoms with Crippen molar-refractivity contribution in [2.75, 3.05) is 26.2 Å². The maximum absolute atomic E-state index is 12.7. The number of aromatic nitrogens is 2. The van der Waals surface area contributed by atoms with Crippen molar-refractivity contribution in [2.24, 2.45) is 7.05 Å². The second-order valence-electron chi connectivity index (χ2n) is 7.08. The van der Waals surface area contributed by atoms with Crippen molar-refractivity contribution in [2.45, 2.75) is 45.7 Å². The van der Waals surface area contributed by atoms with Gasteiger partial charge in [-0.2, -0.15) is 5.10 Å². The van der Waals surface area contributed by atoms with Gasteiger partial charge in [0.25, 0.3) is 5.91 Å². The third-order valence-corrected chi connectivity index (χ3v) is 6.31. The second-order valence-corrected chi connectivity index (χ2v) is 8.11. The Morgan fingerprint density at radius 3 is 2.93 bits per heavy atom. The Morgan fingerprint density at radius 2 is 2.22 bits per heavy atom. The van der Waals surface area contributed by atoms with Crippen molar-refractivity contribution < 1.29 is 4.79 Å². The number of amides is 1. The number of carbonyl (C=O) groups excluding carboxylic acids is 1. The van der Waals surface area contributed by atoms with E-state index in [-0.39, 0.29) is 5.91 Å². The first-order valence-corrected chi connectivity index (χ1v) is 10.8. The van der Waals surface area contributed by atoms with Crippen molar-refractivity contribution in [3.05, 3.63) is 39.3 Å².